The Hall–Kier alpha value is -1.39. The summed E-state index contributed by atoms with van der Waals surface area (Å²) in [5, 5.41) is 0. The molecule has 0 saturated carbocycles. The van der Waals surface area contributed by atoms with Gasteiger partial charge >= 0.3 is 5.97 Å². The van der Waals surface area contributed by atoms with E-state index in [0.29, 0.717) is 12.4 Å². The van der Waals surface area contributed by atoms with E-state index >= 15 is 0 Å². The number of carbonyl (C=O) groups excluding carboxylic acids is 1. The Morgan fingerprint density at radius 1 is 1.26 bits per heavy atom. The van der Waals surface area contributed by atoms with E-state index in [-0.39, 0.29) is 12.5 Å². The maximum absolute atomic E-state index is 11.9. The topological polar surface area (TPSA) is 38.8 Å². The number of rotatable bonds is 7. The average molecular weight is 265 g/mol. The summed E-state index contributed by atoms with van der Waals surface area (Å²) < 4.78 is 10.5. The van der Waals surface area contributed by atoms with Crippen molar-refractivity contribution in [3.8, 4) is 5.75 Å². The van der Waals surface area contributed by atoms with Gasteiger partial charge in [0.15, 0.2) is 0 Å². The molecule has 0 aliphatic heterocycles. The quantitative estimate of drug-likeness (QED) is 0.559. The van der Waals surface area contributed by atoms with Gasteiger partial charge < -0.3 is 9.47 Å². The average Bonchev–Trinajstić information content (AvgIpc) is 2.39. The lowest BCUT2D eigenvalue weighted by atomic mass is 10.1. The number of ether oxygens (including phenoxy) is 2. The lowest BCUT2D eigenvalue weighted by Gasteiger charge is -2.19. The van der Waals surface area contributed by atoms with Crippen molar-refractivity contribution in [1.29, 1.82) is 0 Å². The molecule has 0 fully saturated rings. The Morgan fingerprint density at radius 3 is 2.42 bits per heavy atom. The van der Waals surface area contributed by atoms with E-state index < -0.39 is 0 Å². The molecule has 0 aliphatic rings. The lowest BCUT2D eigenvalue weighted by Crippen LogP contribution is -2.34. The van der Waals surface area contributed by atoms with Gasteiger partial charge in [-0.3, -0.25) is 9.69 Å². The molecule has 0 unspecified atom stereocenters. The zero-order valence-electron chi connectivity index (χ0n) is 12.2. The predicted octanol–water partition coefficient (Wildman–Crippen LogP) is 2.18. The van der Waals surface area contributed by atoms with E-state index in [1.807, 2.05) is 43.9 Å². The van der Waals surface area contributed by atoms with Gasteiger partial charge in [0, 0.05) is 13.7 Å². The predicted molar refractivity (Wildman–Crippen MR) is 75.5 cm³/mol. The third-order valence-electron chi connectivity index (χ3n) is 3.04. The van der Waals surface area contributed by atoms with Crippen LogP contribution in [0.2, 0.25) is 0 Å². The molecule has 0 bridgehead atoms. The Morgan fingerprint density at radius 2 is 1.89 bits per heavy atom. The third kappa shape index (κ3) is 5.01. The minimum absolute atomic E-state index is 0.227. The highest BCUT2D eigenvalue weighted by Crippen LogP contribution is 2.22. The molecule has 0 N–H and O–H groups in total. The number of aryl methyl sites for hydroxylation is 2. The molecule has 0 spiro atoms. The molecule has 19 heavy (non-hydrogen) atoms. The fourth-order valence-corrected chi connectivity index (χ4v) is 1.86. The van der Waals surface area contributed by atoms with Crippen LogP contribution >= 0.6 is 0 Å². The number of para-hydroxylation sites is 1. The van der Waals surface area contributed by atoms with Crippen molar-refractivity contribution in [2.24, 2.45) is 0 Å². The van der Waals surface area contributed by atoms with Crippen molar-refractivity contribution in [2.75, 3.05) is 33.4 Å². The van der Waals surface area contributed by atoms with Crippen LogP contribution < -0.4 is 4.74 Å². The molecule has 1 rings (SSSR count). The number of likely N-dealkylation sites (N-methyl/N-ethyl adjacent to an activating group) is 1. The second-order valence-electron chi connectivity index (χ2n) is 4.56. The Balaban J connectivity index is 2.59. The van der Waals surface area contributed by atoms with E-state index in [1.165, 1.54) is 0 Å². The highest BCUT2D eigenvalue weighted by Gasteiger charge is 2.13. The molecule has 1 aromatic carbocycles. The van der Waals surface area contributed by atoms with Crippen LogP contribution in [0.25, 0.3) is 0 Å². The van der Waals surface area contributed by atoms with Crippen LogP contribution in [0.4, 0.5) is 0 Å². The summed E-state index contributed by atoms with van der Waals surface area (Å²) in [7, 11) is 1.66. The summed E-state index contributed by atoms with van der Waals surface area (Å²) in [5.41, 5.74) is 1.96. The van der Waals surface area contributed by atoms with Crippen LogP contribution in [0.3, 0.4) is 0 Å². The van der Waals surface area contributed by atoms with Gasteiger partial charge in [0.25, 0.3) is 0 Å². The van der Waals surface area contributed by atoms with Gasteiger partial charge in [0.2, 0.25) is 0 Å². The summed E-state index contributed by atoms with van der Waals surface area (Å²) in [4.78, 5) is 13.9. The van der Waals surface area contributed by atoms with Gasteiger partial charge in [-0.15, -0.1) is 0 Å². The van der Waals surface area contributed by atoms with Crippen LogP contribution in [0, 0.1) is 13.8 Å². The largest absolute Gasteiger partial charge is 0.425 e. The maximum atomic E-state index is 11.9. The van der Waals surface area contributed by atoms with Crippen LogP contribution in [0.5, 0.6) is 5.75 Å². The van der Waals surface area contributed by atoms with Crippen LogP contribution in [0.1, 0.15) is 18.1 Å². The number of carbonyl (C=O) groups is 1. The van der Waals surface area contributed by atoms with E-state index in [0.717, 1.165) is 24.2 Å². The molecule has 0 heterocycles. The van der Waals surface area contributed by atoms with Gasteiger partial charge in [0.05, 0.1) is 13.2 Å². The number of benzene rings is 1. The Bertz CT molecular complexity index is 398. The van der Waals surface area contributed by atoms with Gasteiger partial charge in [-0.05, 0) is 31.5 Å². The zero-order chi connectivity index (χ0) is 14.3. The number of hydrogen-bond acceptors (Lipinski definition) is 4. The molecule has 0 saturated heterocycles. The third-order valence-corrected chi connectivity index (χ3v) is 3.04. The Kier molecular flexibility index (Phi) is 6.53. The van der Waals surface area contributed by atoms with Crippen molar-refractivity contribution in [3.63, 3.8) is 0 Å². The molecule has 0 aliphatic carbocycles. The molecule has 106 valence electrons. The first kappa shape index (κ1) is 15.7. The first-order chi connectivity index (χ1) is 9.08. The van der Waals surface area contributed by atoms with Crippen LogP contribution in [-0.2, 0) is 9.53 Å². The highest BCUT2D eigenvalue weighted by molar-refractivity contribution is 5.75. The van der Waals surface area contributed by atoms with Crippen molar-refractivity contribution in [3.05, 3.63) is 29.3 Å². The SMILES string of the molecule is CCN(CCOC)CC(=O)Oc1c(C)cccc1C. The first-order valence-electron chi connectivity index (χ1n) is 6.56. The summed E-state index contributed by atoms with van der Waals surface area (Å²) in [6.07, 6.45) is 0. The number of hydrogen-bond donors (Lipinski definition) is 0. The van der Waals surface area contributed by atoms with E-state index in [9.17, 15) is 4.79 Å². The van der Waals surface area contributed by atoms with E-state index in [4.69, 9.17) is 9.47 Å². The highest BCUT2D eigenvalue weighted by atomic mass is 16.5. The summed E-state index contributed by atoms with van der Waals surface area (Å²) in [5.74, 6) is 0.450. The van der Waals surface area contributed by atoms with Gasteiger partial charge in [-0.25, -0.2) is 0 Å². The summed E-state index contributed by atoms with van der Waals surface area (Å²) >= 11 is 0. The maximum Gasteiger partial charge on any atom is 0.325 e. The Labute approximate surface area is 115 Å². The number of nitrogens with zero attached hydrogens (tertiary/aromatic N) is 1. The fraction of sp³-hybridized carbons (Fsp3) is 0.533. The summed E-state index contributed by atoms with van der Waals surface area (Å²) in [6, 6.07) is 5.84. The molecule has 0 amide bonds. The normalized spacial score (nSPS) is 10.8. The second-order valence-corrected chi connectivity index (χ2v) is 4.56. The first-order valence-corrected chi connectivity index (χ1v) is 6.56. The van der Waals surface area contributed by atoms with Crippen molar-refractivity contribution in [1.82, 2.24) is 4.90 Å². The lowest BCUT2D eigenvalue weighted by molar-refractivity contribution is -0.135. The molecular formula is C15H23NO3. The molecule has 0 atom stereocenters. The smallest absolute Gasteiger partial charge is 0.325 e. The standard InChI is InChI=1S/C15H23NO3/c1-5-16(9-10-18-4)11-14(17)19-15-12(2)7-6-8-13(15)3/h6-8H,5,9-11H2,1-4H3. The van der Waals surface area contributed by atoms with Gasteiger partial charge in [-0.1, -0.05) is 25.1 Å². The monoisotopic (exact) mass is 265 g/mol. The molecular weight excluding hydrogens is 242 g/mol. The van der Waals surface area contributed by atoms with Crippen molar-refractivity contribution >= 4 is 5.97 Å². The van der Waals surface area contributed by atoms with E-state index in [1.54, 1.807) is 7.11 Å². The van der Waals surface area contributed by atoms with Crippen LogP contribution in [0.15, 0.2) is 18.2 Å². The minimum atomic E-state index is -0.227. The molecule has 1 aromatic rings. The zero-order valence-corrected chi connectivity index (χ0v) is 12.2. The fourth-order valence-electron chi connectivity index (χ4n) is 1.86. The van der Waals surface area contributed by atoms with E-state index in [2.05, 4.69) is 0 Å². The van der Waals surface area contributed by atoms with Crippen molar-refractivity contribution in [2.45, 2.75) is 20.8 Å². The second kappa shape index (κ2) is 7.92. The summed E-state index contributed by atoms with van der Waals surface area (Å²) in [6.45, 7) is 8.33. The minimum Gasteiger partial charge on any atom is -0.425 e. The molecule has 0 radical (unpaired) electrons. The van der Waals surface area contributed by atoms with Crippen molar-refractivity contribution < 1.29 is 14.3 Å². The van der Waals surface area contributed by atoms with Gasteiger partial charge in [0.1, 0.15) is 5.75 Å². The number of esters is 1. The van der Waals surface area contributed by atoms with Crippen LogP contribution in [-0.4, -0.2) is 44.2 Å². The van der Waals surface area contributed by atoms with Gasteiger partial charge in [-0.2, -0.15) is 0 Å². The molecule has 4 nitrogen and oxygen atoms in total. The molecule has 0 aromatic heterocycles. The number of methoxy groups -OCH3 is 1. The molecule has 4 heteroatoms.